The average molecular weight is 238 g/mol. The molecule has 0 radical (unpaired) electrons. The topological polar surface area (TPSA) is 38.0 Å². The van der Waals surface area contributed by atoms with Gasteiger partial charge in [0.2, 0.25) is 0 Å². The van der Waals surface area contributed by atoms with Crippen molar-refractivity contribution in [3.8, 4) is 0 Å². The van der Waals surface area contributed by atoms with E-state index in [0.29, 0.717) is 6.04 Å². The van der Waals surface area contributed by atoms with Gasteiger partial charge in [0.25, 0.3) is 0 Å². The third kappa shape index (κ3) is 4.26. The van der Waals surface area contributed by atoms with Crippen LogP contribution in [0.15, 0.2) is 0 Å². The smallest absolute Gasteiger partial charge is 0.0241 e. The lowest BCUT2D eigenvalue weighted by molar-refractivity contribution is 0.236. The molecule has 1 atom stereocenters. The zero-order valence-electron chi connectivity index (χ0n) is 11.3. The van der Waals surface area contributed by atoms with Gasteiger partial charge in [0, 0.05) is 6.04 Å². The van der Waals surface area contributed by atoms with Crippen LogP contribution in [0.1, 0.15) is 77.0 Å². The molecule has 0 bridgehead atoms. The van der Waals surface area contributed by atoms with Crippen molar-refractivity contribution in [3.05, 3.63) is 0 Å². The first-order chi connectivity index (χ1) is 8.40. The maximum absolute atomic E-state index is 5.82. The summed E-state index contributed by atoms with van der Waals surface area (Å²) in [5.41, 5.74) is 3.15. The maximum Gasteiger partial charge on any atom is 0.0241 e. The standard InChI is InChI=1S/C15H30N2/c16-17-15(12-13-8-4-3-5-9-13)14-10-6-1-2-7-11-14/h13-15,17H,1-12,16H2. The van der Waals surface area contributed by atoms with Crippen LogP contribution >= 0.6 is 0 Å². The Morgan fingerprint density at radius 2 is 1.35 bits per heavy atom. The summed E-state index contributed by atoms with van der Waals surface area (Å²) in [6.07, 6.45) is 17.1. The van der Waals surface area contributed by atoms with Crippen LogP contribution in [0.3, 0.4) is 0 Å². The fourth-order valence-electron chi connectivity index (χ4n) is 3.89. The van der Waals surface area contributed by atoms with Gasteiger partial charge in [-0.05, 0) is 31.1 Å². The largest absolute Gasteiger partial charge is 0.271 e. The molecule has 0 spiro atoms. The Labute approximate surface area is 107 Å². The Kier molecular flexibility index (Phi) is 5.79. The normalized spacial score (nSPS) is 26.6. The minimum absolute atomic E-state index is 0.594. The van der Waals surface area contributed by atoms with Gasteiger partial charge < -0.3 is 0 Å². The van der Waals surface area contributed by atoms with Gasteiger partial charge in [-0.1, -0.05) is 57.8 Å². The molecule has 0 aromatic heterocycles. The molecule has 2 saturated carbocycles. The second-order valence-corrected chi connectivity index (χ2v) is 6.26. The third-order valence-electron chi connectivity index (χ3n) is 4.99. The van der Waals surface area contributed by atoms with Gasteiger partial charge >= 0.3 is 0 Å². The SMILES string of the molecule is NNC(CC1CCCCC1)C1CCCCCC1. The van der Waals surface area contributed by atoms with E-state index in [1.165, 1.54) is 77.0 Å². The van der Waals surface area contributed by atoms with Crippen LogP contribution < -0.4 is 11.3 Å². The Bertz CT molecular complexity index is 191. The van der Waals surface area contributed by atoms with Crippen molar-refractivity contribution in [1.82, 2.24) is 5.43 Å². The van der Waals surface area contributed by atoms with Crippen molar-refractivity contribution < 1.29 is 0 Å². The van der Waals surface area contributed by atoms with Gasteiger partial charge in [-0.15, -0.1) is 0 Å². The van der Waals surface area contributed by atoms with E-state index in [9.17, 15) is 0 Å². The molecule has 17 heavy (non-hydrogen) atoms. The Morgan fingerprint density at radius 1 is 0.824 bits per heavy atom. The van der Waals surface area contributed by atoms with E-state index in [0.717, 1.165) is 11.8 Å². The van der Waals surface area contributed by atoms with E-state index < -0.39 is 0 Å². The molecule has 3 N–H and O–H groups in total. The minimum atomic E-state index is 0.594. The number of hydrazine groups is 1. The first-order valence-electron chi connectivity index (χ1n) is 7.86. The third-order valence-corrected chi connectivity index (χ3v) is 4.99. The molecule has 2 rings (SSSR count). The maximum atomic E-state index is 5.82. The van der Waals surface area contributed by atoms with Crippen molar-refractivity contribution >= 4 is 0 Å². The molecule has 0 aliphatic heterocycles. The van der Waals surface area contributed by atoms with E-state index in [4.69, 9.17) is 5.84 Å². The van der Waals surface area contributed by atoms with Gasteiger partial charge in [-0.25, -0.2) is 0 Å². The summed E-state index contributed by atoms with van der Waals surface area (Å²) in [5, 5.41) is 0. The highest BCUT2D eigenvalue weighted by atomic mass is 15.2. The van der Waals surface area contributed by atoms with Crippen molar-refractivity contribution in [3.63, 3.8) is 0 Å². The first kappa shape index (κ1) is 13.4. The van der Waals surface area contributed by atoms with Crippen molar-refractivity contribution in [2.45, 2.75) is 83.1 Å². The molecule has 0 heterocycles. The fourth-order valence-corrected chi connectivity index (χ4v) is 3.89. The predicted octanol–water partition coefficient (Wildman–Crippen LogP) is 3.76. The molecule has 2 nitrogen and oxygen atoms in total. The number of hydrogen-bond donors (Lipinski definition) is 2. The molecule has 2 aliphatic carbocycles. The Hall–Kier alpha value is -0.0800. The highest BCUT2D eigenvalue weighted by Gasteiger charge is 2.25. The average Bonchev–Trinajstić information content (AvgIpc) is 2.66. The van der Waals surface area contributed by atoms with E-state index in [2.05, 4.69) is 5.43 Å². The van der Waals surface area contributed by atoms with Crippen LogP contribution in [0.25, 0.3) is 0 Å². The molecule has 100 valence electrons. The first-order valence-corrected chi connectivity index (χ1v) is 7.86. The summed E-state index contributed by atoms with van der Waals surface area (Å²) >= 11 is 0. The van der Waals surface area contributed by atoms with Crippen LogP contribution in [0, 0.1) is 11.8 Å². The minimum Gasteiger partial charge on any atom is -0.271 e. The van der Waals surface area contributed by atoms with Gasteiger partial charge in [-0.2, -0.15) is 0 Å². The van der Waals surface area contributed by atoms with E-state index in [-0.39, 0.29) is 0 Å². The lowest BCUT2D eigenvalue weighted by atomic mass is 9.80. The highest BCUT2D eigenvalue weighted by Crippen LogP contribution is 2.32. The van der Waals surface area contributed by atoms with E-state index in [1.54, 1.807) is 0 Å². The van der Waals surface area contributed by atoms with E-state index in [1.807, 2.05) is 0 Å². The fraction of sp³-hybridized carbons (Fsp3) is 1.00. The summed E-state index contributed by atoms with van der Waals surface area (Å²) < 4.78 is 0. The summed E-state index contributed by atoms with van der Waals surface area (Å²) in [6.45, 7) is 0. The van der Waals surface area contributed by atoms with Crippen LogP contribution in [0.2, 0.25) is 0 Å². The van der Waals surface area contributed by atoms with E-state index >= 15 is 0 Å². The van der Waals surface area contributed by atoms with Gasteiger partial charge in [-0.3, -0.25) is 11.3 Å². The summed E-state index contributed by atoms with van der Waals surface area (Å²) in [4.78, 5) is 0. The quantitative estimate of drug-likeness (QED) is 0.444. The second kappa shape index (κ2) is 7.38. The lowest BCUT2D eigenvalue weighted by Gasteiger charge is -2.31. The van der Waals surface area contributed by atoms with Gasteiger partial charge in [0.1, 0.15) is 0 Å². The Balaban J connectivity index is 1.81. The zero-order valence-corrected chi connectivity index (χ0v) is 11.3. The molecule has 0 aromatic rings. The van der Waals surface area contributed by atoms with Gasteiger partial charge in [0.05, 0.1) is 0 Å². The predicted molar refractivity (Wildman–Crippen MR) is 73.5 cm³/mol. The lowest BCUT2D eigenvalue weighted by Crippen LogP contribution is -2.42. The van der Waals surface area contributed by atoms with Crippen LogP contribution in [0.5, 0.6) is 0 Å². The molecule has 1 unspecified atom stereocenters. The van der Waals surface area contributed by atoms with Crippen molar-refractivity contribution in [2.24, 2.45) is 17.7 Å². The molecular weight excluding hydrogens is 208 g/mol. The Morgan fingerprint density at radius 3 is 1.94 bits per heavy atom. The monoisotopic (exact) mass is 238 g/mol. The molecular formula is C15H30N2. The van der Waals surface area contributed by atoms with Gasteiger partial charge in [0.15, 0.2) is 0 Å². The number of nitrogens with one attached hydrogen (secondary N) is 1. The summed E-state index contributed by atoms with van der Waals surface area (Å²) in [6, 6.07) is 0.594. The summed E-state index contributed by atoms with van der Waals surface area (Å²) in [7, 11) is 0. The van der Waals surface area contributed by atoms with Crippen molar-refractivity contribution in [2.75, 3.05) is 0 Å². The van der Waals surface area contributed by atoms with Crippen LogP contribution in [-0.4, -0.2) is 6.04 Å². The number of nitrogens with two attached hydrogens (primary N) is 1. The second-order valence-electron chi connectivity index (χ2n) is 6.26. The molecule has 2 fully saturated rings. The number of rotatable bonds is 4. The van der Waals surface area contributed by atoms with Crippen molar-refractivity contribution in [1.29, 1.82) is 0 Å². The molecule has 0 saturated heterocycles. The number of hydrogen-bond acceptors (Lipinski definition) is 2. The highest BCUT2D eigenvalue weighted by molar-refractivity contribution is 4.80. The molecule has 0 amide bonds. The summed E-state index contributed by atoms with van der Waals surface area (Å²) in [5.74, 6) is 7.63. The molecule has 2 heteroatoms. The van der Waals surface area contributed by atoms with Crippen LogP contribution in [0.4, 0.5) is 0 Å². The molecule has 2 aliphatic rings. The molecule has 0 aromatic carbocycles. The zero-order chi connectivity index (χ0) is 11.9. The van der Waals surface area contributed by atoms with Crippen LogP contribution in [-0.2, 0) is 0 Å².